The largest absolute Gasteiger partial charge is 0.382 e. The van der Waals surface area contributed by atoms with Gasteiger partial charge in [-0.3, -0.25) is 10.4 Å². The van der Waals surface area contributed by atoms with Crippen molar-refractivity contribution in [1.29, 1.82) is 5.41 Å². The van der Waals surface area contributed by atoms with Crippen LogP contribution in [0.4, 0.5) is 5.69 Å². The van der Waals surface area contributed by atoms with Crippen molar-refractivity contribution < 1.29 is 0 Å². The summed E-state index contributed by atoms with van der Waals surface area (Å²) in [7, 11) is 0. The SMILES string of the molecule is CC1SCCN(c2ccnc(C(=N)N)c2)C1C. The maximum atomic E-state index is 7.43. The Morgan fingerprint density at radius 3 is 3.06 bits per heavy atom. The molecule has 92 valence electrons. The zero-order valence-corrected chi connectivity index (χ0v) is 11.0. The van der Waals surface area contributed by atoms with Gasteiger partial charge in [-0.25, -0.2) is 0 Å². The van der Waals surface area contributed by atoms with Gasteiger partial charge in [0.25, 0.3) is 0 Å². The van der Waals surface area contributed by atoms with Crippen molar-refractivity contribution in [2.24, 2.45) is 5.73 Å². The number of nitrogens with two attached hydrogens (primary N) is 1. The molecule has 1 aliphatic rings. The highest BCUT2D eigenvalue weighted by Crippen LogP contribution is 2.28. The van der Waals surface area contributed by atoms with E-state index >= 15 is 0 Å². The first kappa shape index (κ1) is 12.2. The highest BCUT2D eigenvalue weighted by atomic mass is 32.2. The van der Waals surface area contributed by atoms with E-state index in [0.29, 0.717) is 17.0 Å². The molecule has 3 N–H and O–H groups in total. The number of hydrogen-bond donors (Lipinski definition) is 2. The number of amidine groups is 1. The van der Waals surface area contributed by atoms with Crippen LogP contribution in [0, 0.1) is 5.41 Å². The summed E-state index contributed by atoms with van der Waals surface area (Å²) in [6.07, 6.45) is 1.73. The van der Waals surface area contributed by atoms with Crippen LogP contribution in [0.1, 0.15) is 19.5 Å². The van der Waals surface area contributed by atoms with Crippen molar-refractivity contribution >= 4 is 23.3 Å². The molecule has 0 saturated carbocycles. The van der Waals surface area contributed by atoms with Crippen molar-refractivity contribution in [1.82, 2.24) is 4.98 Å². The number of aromatic nitrogens is 1. The van der Waals surface area contributed by atoms with Crippen LogP contribution in [0.2, 0.25) is 0 Å². The van der Waals surface area contributed by atoms with Crippen molar-refractivity contribution in [3.05, 3.63) is 24.0 Å². The number of nitrogens with one attached hydrogen (secondary N) is 1. The zero-order chi connectivity index (χ0) is 12.4. The van der Waals surface area contributed by atoms with Gasteiger partial charge in [0.2, 0.25) is 0 Å². The fourth-order valence-corrected chi connectivity index (χ4v) is 3.14. The lowest BCUT2D eigenvalue weighted by Gasteiger charge is -2.39. The van der Waals surface area contributed by atoms with Crippen LogP contribution in [0.3, 0.4) is 0 Å². The molecule has 0 aliphatic carbocycles. The van der Waals surface area contributed by atoms with E-state index in [-0.39, 0.29) is 5.84 Å². The summed E-state index contributed by atoms with van der Waals surface area (Å²) in [5.74, 6) is 1.17. The number of rotatable bonds is 2. The standard InChI is InChI=1S/C12H18N4S/c1-8-9(2)17-6-5-16(8)10-3-4-15-11(7-10)12(13)14/h3-4,7-9H,5-6H2,1-2H3,(H3,13,14). The fraction of sp³-hybridized carbons (Fsp3) is 0.500. The molecule has 2 atom stereocenters. The average molecular weight is 250 g/mol. The molecule has 2 unspecified atom stereocenters. The Bertz CT molecular complexity index is 421. The molecule has 1 saturated heterocycles. The second kappa shape index (κ2) is 4.96. The van der Waals surface area contributed by atoms with Crippen LogP contribution < -0.4 is 10.6 Å². The Morgan fingerprint density at radius 2 is 2.35 bits per heavy atom. The third kappa shape index (κ3) is 2.54. The predicted octanol–water partition coefficient (Wildman–Crippen LogP) is 1.70. The summed E-state index contributed by atoms with van der Waals surface area (Å²) in [4.78, 5) is 6.47. The number of thioether (sulfide) groups is 1. The third-order valence-electron chi connectivity index (χ3n) is 3.24. The molecule has 0 amide bonds. The minimum atomic E-state index is 0.0268. The molecular weight excluding hydrogens is 232 g/mol. The molecule has 0 aromatic carbocycles. The molecule has 0 radical (unpaired) electrons. The normalized spacial score (nSPS) is 24.7. The zero-order valence-electron chi connectivity index (χ0n) is 10.2. The van der Waals surface area contributed by atoms with Gasteiger partial charge in [0.15, 0.2) is 0 Å². The van der Waals surface area contributed by atoms with Gasteiger partial charge in [0.05, 0.1) is 0 Å². The van der Waals surface area contributed by atoms with Gasteiger partial charge in [-0.2, -0.15) is 11.8 Å². The molecule has 5 heteroatoms. The van der Waals surface area contributed by atoms with E-state index in [2.05, 4.69) is 23.7 Å². The van der Waals surface area contributed by atoms with Gasteiger partial charge in [-0.1, -0.05) is 6.92 Å². The van der Waals surface area contributed by atoms with Gasteiger partial charge in [0.1, 0.15) is 11.5 Å². The van der Waals surface area contributed by atoms with Gasteiger partial charge in [-0.05, 0) is 19.1 Å². The van der Waals surface area contributed by atoms with E-state index in [1.165, 1.54) is 0 Å². The van der Waals surface area contributed by atoms with Crippen LogP contribution in [-0.4, -0.2) is 34.4 Å². The third-order valence-corrected chi connectivity index (χ3v) is 4.57. The van der Waals surface area contributed by atoms with E-state index in [1.54, 1.807) is 6.20 Å². The molecule has 1 aliphatic heterocycles. The predicted molar refractivity (Wildman–Crippen MR) is 74.0 cm³/mol. The molecule has 2 heterocycles. The molecule has 0 bridgehead atoms. The lowest BCUT2D eigenvalue weighted by Crippen LogP contribution is -2.44. The first-order valence-electron chi connectivity index (χ1n) is 5.78. The highest BCUT2D eigenvalue weighted by molar-refractivity contribution is 8.00. The topological polar surface area (TPSA) is 66.0 Å². The quantitative estimate of drug-likeness (QED) is 0.619. The summed E-state index contributed by atoms with van der Waals surface area (Å²) in [5.41, 5.74) is 7.14. The lowest BCUT2D eigenvalue weighted by atomic mass is 10.1. The summed E-state index contributed by atoms with van der Waals surface area (Å²) < 4.78 is 0. The first-order chi connectivity index (χ1) is 8.09. The Morgan fingerprint density at radius 1 is 1.59 bits per heavy atom. The molecule has 17 heavy (non-hydrogen) atoms. The van der Waals surface area contributed by atoms with E-state index in [4.69, 9.17) is 11.1 Å². The fourth-order valence-electron chi connectivity index (χ4n) is 2.04. The first-order valence-corrected chi connectivity index (χ1v) is 6.83. The summed E-state index contributed by atoms with van der Waals surface area (Å²) in [5, 5.41) is 8.05. The minimum Gasteiger partial charge on any atom is -0.382 e. The van der Waals surface area contributed by atoms with Crippen molar-refractivity contribution in [2.45, 2.75) is 25.1 Å². The molecule has 1 aromatic rings. The van der Waals surface area contributed by atoms with Crippen molar-refractivity contribution in [2.75, 3.05) is 17.2 Å². The second-order valence-corrected chi connectivity index (χ2v) is 5.81. The van der Waals surface area contributed by atoms with Gasteiger partial charge in [-0.15, -0.1) is 0 Å². The molecule has 1 aromatic heterocycles. The number of pyridine rings is 1. The van der Waals surface area contributed by atoms with E-state index in [9.17, 15) is 0 Å². The molecule has 4 nitrogen and oxygen atoms in total. The lowest BCUT2D eigenvalue weighted by molar-refractivity contribution is 0.627. The van der Waals surface area contributed by atoms with Crippen LogP contribution in [0.25, 0.3) is 0 Å². The second-order valence-electron chi connectivity index (χ2n) is 4.32. The van der Waals surface area contributed by atoms with E-state index < -0.39 is 0 Å². The number of hydrogen-bond acceptors (Lipinski definition) is 4. The summed E-state index contributed by atoms with van der Waals surface area (Å²) >= 11 is 2.01. The number of nitrogens with zero attached hydrogens (tertiary/aromatic N) is 2. The monoisotopic (exact) mass is 250 g/mol. The van der Waals surface area contributed by atoms with E-state index in [0.717, 1.165) is 18.0 Å². The smallest absolute Gasteiger partial charge is 0.141 e. The summed E-state index contributed by atoms with van der Waals surface area (Å²) in [6, 6.07) is 4.39. The summed E-state index contributed by atoms with van der Waals surface area (Å²) in [6.45, 7) is 5.54. The Kier molecular flexibility index (Phi) is 3.57. The molecule has 0 spiro atoms. The van der Waals surface area contributed by atoms with Gasteiger partial charge >= 0.3 is 0 Å². The van der Waals surface area contributed by atoms with Crippen molar-refractivity contribution in [3.8, 4) is 0 Å². The van der Waals surface area contributed by atoms with Crippen molar-refractivity contribution in [3.63, 3.8) is 0 Å². The minimum absolute atomic E-state index is 0.0268. The maximum absolute atomic E-state index is 7.43. The average Bonchev–Trinajstić information content (AvgIpc) is 2.33. The molecule has 2 rings (SSSR count). The Hall–Kier alpha value is -1.23. The van der Waals surface area contributed by atoms with Gasteiger partial charge in [0, 0.05) is 35.5 Å². The van der Waals surface area contributed by atoms with Crippen LogP contribution in [-0.2, 0) is 0 Å². The van der Waals surface area contributed by atoms with Crippen LogP contribution >= 0.6 is 11.8 Å². The molecule has 1 fully saturated rings. The Balaban J connectivity index is 2.26. The van der Waals surface area contributed by atoms with Gasteiger partial charge < -0.3 is 10.6 Å². The van der Waals surface area contributed by atoms with E-state index in [1.807, 2.05) is 23.9 Å². The van der Waals surface area contributed by atoms with Crippen LogP contribution in [0.15, 0.2) is 18.3 Å². The maximum Gasteiger partial charge on any atom is 0.141 e. The molecular formula is C12H18N4S. The van der Waals surface area contributed by atoms with Crippen LogP contribution in [0.5, 0.6) is 0 Å². The highest BCUT2D eigenvalue weighted by Gasteiger charge is 2.25. The number of anilines is 1. The number of nitrogen functional groups attached to an aromatic ring is 1. The Labute approximate surface area is 106 Å².